The van der Waals surface area contributed by atoms with Crippen molar-refractivity contribution in [3.8, 4) is 11.3 Å². The Bertz CT molecular complexity index is 1300. The van der Waals surface area contributed by atoms with Gasteiger partial charge in [0.2, 0.25) is 0 Å². The number of fused-ring (bicyclic) bond motifs is 1. The van der Waals surface area contributed by atoms with E-state index in [2.05, 4.69) is 30.2 Å². The Hall–Kier alpha value is -3.40. The number of nitrogens with zero attached hydrogens (tertiary/aromatic N) is 7. The summed E-state index contributed by atoms with van der Waals surface area (Å²) in [5.41, 5.74) is 2.90. The minimum Gasteiger partial charge on any atom is -0.381 e. The number of rotatable bonds is 3. The van der Waals surface area contributed by atoms with Crippen molar-refractivity contribution in [3.63, 3.8) is 0 Å². The molecule has 1 saturated heterocycles. The van der Waals surface area contributed by atoms with Crippen molar-refractivity contribution in [1.29, 1.82) is 0 Å². The topological polar surface area (TPSA) is 91.5 Å². The second-order valence-electron chi connectivity index (χ2n) is 8.62. The Labute approximate surface area is 195 Å². The second kappa shape index (κ2) is 9.46. The lowest BCUT2D eigenvalue weighted by Gasteiger charge is -2.21. The molecule has 4 heterocycles. The molecular weight excluding hydrogens is 440 g/mol. The molecule has 1 aliphatic heterocycles. The molecule has 176 valence electrons. The van der Waals surface area contributed by atoms with Gasteiger partial charge in [-0.1, -0.05) is 5.21 Å². The number of hydrogen-bond acceptors (Lipinski definition) is 7. The van der Waals surface area contributed by atoms with Gasteiger partial charge in [0, 0.05) is 37.0 Å². The molecule has 1 aliphatic carbocycles. The molecule has 8 nitrogen and oxygen atoms in total. The van der Waals surface area contributed by atoms with Crippen LogP contribution in [0.3, 0.4) is 0 Å². The molecule has 6 rings (SSSR count). The van der Waals surface area contributed by atoms with E-state index in [1.54, 1.807) is 6.20 Å². The van der Waals surface area contributed by atoms with Gasteiger partial charge in [0.25, 0.3) is 0 Å². The minimum atomic E-state index is -0.678. The lowest BCUT2D eigenvalue weighted by molar-refractivity contribution is 0.0836. The number of hydrogen-bond donors (Lipinski definition) is 0. The Morgan fingerprint density at radius 2 is 1.71 bits per heavy atom. The third kappa shape index (κ3) is 4.77. The number of benzene rings is 1. The van der Waals surface area contributed by atoms with E-state index in [1.807, 2.05) is 24.7 Å². The van der Waals surface area contributed by atoms with E-state index >= 15 is 0 Å². The fourth-order valence-corrected chi connectivity index (χ4v) is 3.89. The summed E-state index contributed by atoms with van der Waals surface area (Å²) < 4.78 is 35.1. The molecule has 0 amide bonds. The van der Waals surface area contributed by atoms with Gasteiger partial charge >= 0.3 is 0 Å². The van der Waals surface area contributed by atoms with E-state index in [0.717, 1.165) is 30.3 Å². The average Bonchev–Trinajstić information content (AvgIpc) is 3.54. The van der Waals surface area contributed by atoms with E-state index in [4.69, 9.17) is 4.74 Å². The molecule has 0 atom stereocenters. The third-order valence-electron chi connectivity index (χ3n) is 6.09. The van der Waals surface area contributed by atoms with Crippen LogP contribution in [0.1, 0.15) is 54.9 Å². The summed E-state index contributed by atoms with van der Waals surface area (Å²) in [5, 5.41) is 7.54. The zero-order chi connectivity index (χ0) is 23.7. The van der Waals surface area contributed by atoms with Gasteiger partial charge in [0.1, 0.15) is 28.7 Å². The maximum absolute atomic E-state index is 14.4. The number of ether oxygens (including phenoxy) is 1. The highest BCUT2D eigenvalue weighted by atomic mass is 19.1. The van der Waals surface area contributed by atoms with Gasteiger partial charge < -0.3 is 4.74 Å². The quantitative estimate of drug-likeness (QED) is 0.440. The summed E-state index contributed by atoms with van der Waals surface area (Å²) >= 11 is 0. The van der Waals surface area contributed by atoms with Crippen LogP contribution in [-0.4, -0.2) is 48.1 Å². The molecule has 1 aromatic carbocycles. The van der Waals surface area contributed by atoms with Crippen LogP contribution < -0.4 is 0 Å². The standard InChI is InChI=1S/C19H18F2N4O.C5H7N3/c1-10-11(2)23-19-17(22-10)16(14-4-3-13(20)9-15(14)21)24-18(25-19)12-5-7-26-8-6-12;1-2-5(1)8-4-3-6-7-8/h3-4,9,12H,5-8H2,1-2H3;3-5H,1-2H2. The van der Waals surface area contributed by atoms with Crippen LogP contribution in [0.2, 0.25) is 0 Å². The van der Waals surface area contributed by atoms with Crippen molar-refractivity contribution in [1.82, 2.24) is 34.9 Å². The zero-order valence-electron chi connectivity index (χ0n) is 19.1. The van der Waals surface area contributed by atoms with Crippen molar-refractivity contribution in [3.05, 3.63) is 59.4 Å². The van der Waals surface area contributed by atoms with E-state index in [1.165, 1.54) is 25.0 Å². The molecule has 4 aromatic rings. The molecule has 1 saturated carbocycles. The summed E-state index contributed by atoms with van der Waals surface area (Å²) in [7, 11) is 0. The maximum Gasteiger partial charge on any atom is 0.182 e. The van der Waals surface area contributed by atoms with Crippen molar-refractivity contribution in [2.24, 2.45) is 0 Å². The van der Waals surface area contributed by atoms with Gasteiger partial charge in [-0.2, -0.15) is 0 Å². The first-order chi connectivity index (χ1) is 16.5. The van der Waals surface area contributed by atoms with Crippen LogP contribution in [0.5, 0.6) is 0 Å². The van der Waals surface area contributed by atoms with Crippen molar-refractivity contribution >= 4 is 11.2 Å². The first-order valence-corrected chi connectivity index (χ1v) is 11.4. The summed E-state index contributed by atoms with van der Waals surface area (Å²) in [6.45, 7) is 4.98. The molecule has 2 fully saturated rings. The predicted octanol–water partition coefficient (Wildman–Crippen LogP) is 4.49. The maximum atomic E-state index is 14.4. The molecule has 0 unspecified atom stereocenters. The fraction of sp³-hybridized carbons (Fsp3) is 0.417. The molecule has 0 bridgehead atoms. The van der Waals surface area contributed by atoms with Crippen molar-refractivity contribution < 1.29 is 13.5 Å². The van der Waals surface area contributed by atoms with Gasteiger partial charge in [0.05, 0.1) is 23.6 Å². The molecule has 2 aliphatic rings. The van der Waals surface area contributed by atoms with E-state index < -0.39 is 11.6 Å². The van der Waals surface area contributed by atoms with Crippen LogP contribution in [0.15, 0.2) is 30.6 Å². The van der Waals surface area contributed by atoms with E-state index in [0.29, 0.717) is 41.9 Å². The highest BCUT2D eigenvalue weighted by Crippen LogP contribution is 2.33. The minimum absolute atomic E-state index is 0.124. The first-order valence-electron chi connectivity index (χ1n) is 11.4. The van der Waals surface area contributed by atoms with Gasteiger partial charge in [0.15, 0.2) is 5.65 Å². The Kier molecular flexibility index (Phi) is 6.23. The Morgan fingerprint density at radius 3 is 2.38 bits per heavy atom. The van der Waals surface area contributed by atoms with Crippen molar-refractivity contribution in [2.45, 2.75) is 51.5 Å². The highest BCUT2D eigenvalue weighted by Gasteiger charge is 2.24. The van der Waals surface area contributed by atoms with Gasteiger partial charge in [-0.15, -0.1) is 5.10 Å². The lowest BCUT2D eigenvalue weighted by atomic mass is 9.99. The highest BCUT2D eigenvalue weighted by molar-refractivity contribution is 5.87. The number of halogens is 2. The fourth-order valence-electron chi connectivity index (χ4n) is 3.89. The smallest absolute Gasteiger partial charge is 0.182 e. The van der Waals surface area contributed by atoms with E-state index in [9.17, 15) is 8.78 Å². The Balaban J connectivity index is 0.000000252. The van der Waals surface area contributed by atoms with Crippen LogP contribution in [0.25, 0.3) is 22.4 Å². The van der Waals surface area contributed by atoms with Gasteiger partial charge in [-0.3, -0.25) is 0 Å². The molecular formula is C24H25F2N7O. The summed E-state index contributed by atoms with van der Waals surface area (Å²) in [4.78, 5) is 18.3. The van der Waals surface area contributed by atoms with Gasteiger partial charge in [-0.25, -0.2) is 33.4 Å². The summed E-state index contributed by atoms with van der Waals surface area (Å²) in [5.74, 6) is -0.578. The second-order valence-corrected chi connectivity index (χ2v) is 8.62. The van der Waals surface area contributed by atoms with Crippen LogP contribution in [0, 0.1) is 25.5 Å². The van der Waals surface area contributed by atoms with Crippen LogP contribution in [-0.2, 0) is 4.74 Å². The first kappa shape index (κ1) is 22.4. The lowest BCUT2D eigenvalue weighted by Crippen LogP contribution is -2.17. The Morgan fingerprint density at radius 1 is 0.941 bits per heavy atom. The monoisotopic (exact) mass is 465 g/mol. The number of aromatic nitrogens is 7. The van der Waals surface area contributed by atoms with Crippen LogP contribution in [0.4, 0.5) is 8.78 Å². The molecule has 3 aromatic heterocycles. The largest absolute Gasteiger partial charge is 0.381 e. The molecule has 0 radical (unpaired) electrons. The average molecular weight is 466 g/mol. The zero-order valence-corrected chi connectivity index (χ0v) is 19.1. The summed E-state index contributed by atoms with van der Waals surface area (Å²) in [6.07, 6.45) is 7.80. The predicted molar refractivity (Wildman–Crippen MR) is 121 cm³/mol. The number of aryl methyl sites for hydroxylation is 2. The van der Waals surface area contributed by atoms with Gasteiger partial charge in [-0.05, 0) is 51.7 Å². The normalized spacial score (nSPS) is 16.4. The molecule has 34 heavy (non-hydrogen) atoms. The van der Waals surface area contributed by atoms with E-state index in [-0.39, 0.29) is 11.5 Å². The third-order valence-corrected chi connectivity index (χ3v) is 6.09. The molecule has 10 heteroatoms. The molecule has 0 N–H and O–H groups in total. The van der Waals surface area contributed by atoms with Crippen LogP contribution >= 0.6 is 0 Å². The summed E-state index contributed by atoms with van der Waals surface area (Å²) in [6, 6.07) is 4.13. The molecule has 0 spiro atoms. The SMILES string of the molecule is Cc1nc2nc(C3CCOCC3)nc(-c3ccc(F)cc3F)c2nc1C.c1cn(C2CC2)nn1. The van der Waals surface area contributed by atoms with Crippen molar-refractivity contribution in [2.75, 3.05) is 13.2 Å².